The fraction of sp³-hybridized carbons (Fsp3) is 0.333. The lowest BCUT2D eigenvalue weighted by atomic mass is 10.1. The Morgan fingerprint density at radius 3 is 1.71 bits per heavy atom. The molecule has 4 heteroatoms. The third kappa shape index (κ3) is 4.58. The summed E-state index contributed by atoms with van der Waals surface area (Å²) in [5, 5.41) is 3.23. The van der Waals surface area contributed by atoms with E-state index in [1.54, 1.807) is 10.4 Å². The summed E-state index contributed by atoms with van der Waals surface area (Å²) in [4.78, 5) is 2.56. The molecule has 1 heterocycles. The molecule has 0 aromatic heterocycles. The maximum absolute atomic E-state index is 3.81. The summed E-state index contributed by atoms with van der Waals surface area (Å²) >= 11 is 7.63. The lowest BCUT2D eigenvalue weighted by Gasteiger charge is -2.45. The van der Waals surface area contributed by atoms with Gasteiger partial charge in [0.2, 0.25) is 0 Å². The molecule has 4 rings (SSSR count). The molecule has 0 atom stereocenters. The fourth-order valence-electron chi connectivity index (χ4n) is 5.09. The number of halogens is 2. The zero-order chi connectivity index (χ0) is 21.8. The van der Waals surface area contributed by atoms with Crippen LogP contribution in [0.1, 0.15) is 45.1 Å². The molecule has 0 amide bonds. The van der Waals surface area contributed by atoms with Crippen LogP contribution in [0.3, 0.4) is 0 Å². The van der Waals surface area contributed by atoms with E-state index in [1.807, 2.05) is 0 Å². The number of hydrogen-bond donors (Lipinski definition) is 0. The van der Waals surface area contributed by atoms with Crippen molar-refractivity contribution in [2.24, 2.45) is 0 Å². The molecule has 0 aliphatic carbocycles. The van der Waals surface area contributed by atoms with E-state index in [0.717, 1.165) is 6.54 Å². The van der Waals surface area contributed by atoms with Crippen LogP contribution in [0, 0.1) is 0 Å². The molecule has 1 aliphatic rings. The Morgan fingerprint density at radius 1 is 0.710 bits per heavy atom. The number of rotatable bonds is 8. The lowest BCUT2D eigenvalue weighted by molar-refractivity contribution is 0.835. The highest BCUT2D eigenvalue weighted by molar-refractivity contribution is 9.10. The number of unbranched alkanes of at least 4 members (excludes halogenated alkanes) is 2. The third-order valence-electron chi connectivity index (χ3n) is 6.63. The molecule has 3 aromatic rings. The summed E-state index contributed by atoms with van der Waals surface area (Å²) in [7, 11) is -1.89. The number of benzene rings is 3. The highest BCUT2D eigenvalue weighted by Gasteiger charge is 2.44. The molecule has 0 radical (unpaired) electrons. The van der Waals surface area contributed by atoms with Crippen LogP contribution < -0.4 is 15.3 Å². The third-order valence-corrected chi connectivity index (χ3v) is 12.9. The predicted octanol–water partition coefficient (Wildman–Crippen LogP) is 8.03. The Morgan fingerprint density at radius 2 is 1.23 bits per heavy atom. The molecular formula is C27H31Br2NSi. The van der Waals surface area contributed by atoms with Crippen LogP contribution in [0.4, 0.5) is 11.4 Å². The smallest absolute Gasteiger partial charge is 0.123 e. The zero-order valence-corrected chi connectivity index (χ0v) is 22.7. The Kier molecular flexibility index (Phi) is 7.40. The number of anilines is 2. The summed E-state index contributed by atoms with van der Waals surface area (Å²) in [6.45, 7) is 5.56. The molecule has 0 saturated carbocycles. The maximum atomic E-state index is 3.81. The molecule has 0 bridgehead atoms. The summed E-state index contributed by atoms with van der Waals surface area (Å²) < 4.78 is 2.41. The standard InChI is InChI=1S/C27H31Br2NSi/c1-3-5-16-31(17-6-4-2)26-18-22(28)12-14-24(26)30(20-21-10-8-7-9-11-21)25-15-13-23(29)19-27(25)31/h7-15,18-19H,3-6,16-17,20H2,1-2H3. The van der Waals surface area contributed by atoms with Crippen molar-refractivity contribution in [3.63, 3.8) is 0 Å². The van der Waals surface area contributed by atoms with Gasteiger partial charge in [-0.15, -0.1) is 0 Å². The first-order chi connectivity index (χ1) is 15.1. The number of nitrogens with zero attached hydrogens (tertiary/aromatic N) is 1. The highest BCUT2D eigenvalue weighted by Crippen LogP contribution is 2.39. The lowest BCUT2D eigenvalue weighted by Crippen LogP contribution is -2.63. The Labute approximate surface area is 205 Å². The van der Waals surface area contributed by atoms with Crippen molar-refractivity contribution in [3.05, 3.63) is 81.2 Å². The second-order valence-electron chi connectivity index (χ2n) is 8.68. The summed E-state index contributed by atoms with van der Waals surface area (Å²) in [5.74, 6) is 0. The van der Waals surface area contributed by atoms with E-state index in [-0.39, 0.29) is 0 Å². The average molecular weight is 557 g/mol. The average Bonchev–Trinajstić information content (AvgIpc) is 2.79. The van der Waals surface area contributed by atoms with Gasteiger partial charge < -0.3 is 4.90 Å². The SMILES string of the molecule is CCCC[Si]1(CCCC)c2cc(Br)ccc2N(Cc2ccccc2)c2ccc(Br)cc21. The Bertz CT molecular complexity index is 971. The molecular weight excluding hydrogens is 526 g/mol. The first-order valence-corrected chi connectivity index (χ1v) is 15.5. The van der Waals surface area contributed by atoms with Crippen molar-refractivity contribution in [3.8, 4) is 0 Å². The van der Waals surface area contributed by atoms with E-state index >= 15 is 0 Å². The molecule has 31 heavy (non-hydrogen) atoms. The van der Waals surface area contributed by atoms with Crippen molar-refractivity contribution in [1.29, 1.82) is 0 Å². The van der Waals surface area contributed by atoms with Crippen molar-refractivity contribution < 1.29 is 0 Å². The van der Waals surface area contributed by atoms with Gasteiger partial charge in [-0.3, -0.25) is 0 Å². The second-order valence-corrected chi connectivity index (χ2v) is 14.8. The zero-order valence-electron chi connectivity index (χ0n) is 18.5. The van der Waals surface area contributed by atoms with Crippen LogP contribution >= 0.6 is 31.9 Å². The number of fused-ring (bicyclic) bond motifs is 2. The summed E-state index contributed by atoms with van der Waals surface area (Å²) in [6, 6.07) is 27.6. The van der Waals surface area contributed by atoms with Gasteiger partial charge in [-0.05, 0) is 64.4 Å². The van der Waals surface area contributed by atoms with Crippen molar-refractivity contribution >= 4 is 61.7 Å². The van der Waals surface area contributed by atoms with Crippen molar-refractivity contribution in [1.82, 2.24) is 0 Å². The second kappa shape index (κ2) is 10.1. The van der Waals surface area contributed by atoms with Gasteiger partial charge in [0, 0.05) is 26.9 Å². The Balaban J connectivity index is 1.95. The van der Waals surface area contributed by atoms with Gasteiger partial charge in [0.25, 0.3) is 0 Å². The number of hydrogen-bond acceptors (Lipinski definition) is 1. The first-order valence-electron chi connectivity index (χ1n) is 11.5. The molecule has 1 nitrogen and oxygen atoms in total. The predicted molar refractivity (Wildman–Crippen MR) is 145 cm³/mol. The van der Waals surface area contributed by atoms with Crippen LogP contribution in [0.5, 0.6) is 0 Å². The van der Waals surface area contributed by atoms with E-state index in [1.165, 1.54) is 63.7 Å². The molecule has 0 unspecified atom stereocenters. The van der Waals surface area contributed by atoms with Gasteiger partial charge >= 0.3 is 0 Å². The highest BCUT2D eigenvalue weighted by atomic mass is 79.9. The monoisotopic (exact) mass is 555 g/mol. The summed E-state index contributed by atoms with van der Waals surface area (Å²) in [5.41, 5.74) is 4.18. The molecule has 0 saturated heterocycles. The van der Waals surface area contributed by atoms with Crippen LogP contribution in [0.15, 0.2) is 75.7 Å². The van der Waals surface area contributed by atoms with E-state index in [9.17, 15) is 0 Å². The molecule has 3 aromatic carbocycles. The maximum Gasteiger partial charge on any atom is 0.123 e. The molecule has 1 aliphatic heterocycles. The summed E-state index contributed by atoms with van der Waals surface area (Å²) in [6.07, 6.45) is 5.10. The van der Waals surface area contributed by atoms with Crippen LogP contribution in [-0.2, 0) is 6.54 Å². The topological polar surface area (TPSA) is 3.24 Å². The van der Waals surface area contributed by atoms with Crippen LogP contribution in [0.25, 0.3) is 0 Å². The first kappa shape index (κ1) is 22.8. The largest absolute Gasteiger partial charge is 0.337 e. The minimum atomic E-state index is -1.89. The molecule has 162 valence electrons. The minimum Gasteiger partial charge on any atom is -0.337 e. The molecule has 0 N–H and O–H groups in total. The van der Waals surface area contributed by atoms with Gasteiger partial charge in [-0.2, -0.15) is 0 Å². The van der Waals surface area contributed by atoms with Crippen molar-refractivity contribution in [2.45, 2.75) is 58.2 Å². The Hall–Kier alpha value is -1.36. The van der Waals surface area contributed by atoms with Gasteiger partial charge in [0.1, 0.15) is 8.07 Å². The van der Waals surface area contributed by atoms with Crippen molar-refractivity contribution in [2.75, 3.05) is 4.90 Å². The molecule has 0 spiro atoms. The van der Waals surface area contributed by atoms with Gasteiger partial charge in [-0.25, -0.2) is 0 Å². The fourth-order valence-corrected chi connectivity index (χ4v) is 12.0. The van der Waals surface area contributed by atoms with Crippen LogP contribution in [0.2, 0.25) is 12.1 Å². The van der Waals surface area contributed by atoms with E-state index in [4.69, 9.17) is 0 Å². The van der Waals surface area contributed by atoms with Crippen LogP contribution in [-0.4, -0.2) is 8.07 Å². The minimum absolute atomic E-state index is 0.899. The van der Waals surface area contributed by atoms with E-state index < -0.39 is 8.07 Å². The van der Waals surface area contributed by atoms with E-state index in [0.29, 0.717) is 0 Å². The van der Waals surface area contributed by atoms with Gasteiger partial charge in [0.15, 0.2) is 0 Å². The quantitative estimate of drug-likeness (QED) is 0.254. The molecule has 0 fully saturated rings. The van der Waals surface area contributed by atoms with Gasteiger partial charge in [0.05, 0.1) is 0 Å². The normalized spacial score (nSPS) is 14.3. The van der Waals surface area contributed by atoms with E-state index in [2.05, 4.69) is 117 Å². The van der Waals surface area contributed by atoms with Gasteiger partial charge in [-0.1, -0.05) is 102 Å².